The van der Waals surface area contributed by atoms with Crippen molar-refractivity contribution in [3.05, 3.63) is 24.3 Å². The largest absolute Gasteiger partial charge is 0.380 e. The van der Waals surface area contributed by atoms with E-state index in [1.54, 1.807) is 6.20 Å². The number of ether oxygens (including phenoxy) is 1. The number of rotatable bonds is 10. The van der Waals surface area contributed by atoms with Crippen LogP contribution in [0.5, 0.6) is 0 Å². The maximum Gasteiger partial charge on any atom is 0.228 e. The van der Waals surface area contributed by atoms with Gasteiger partial charge in [0.25, 0.3) is 0 Å². The highest BCUT2D eigenvalue weighted by molar-refractivity contribution is 5.90. The van der Waals surface area contributed by atoms with Crippen LogP contribution in [-0.2, 0) is 17.8 Å². The molecule has 0 atom stereocenters. The molecule has 2 aliphatic rings. The molecule has 2 fully saturated rings. The van der Waals surface area contributed by atoms with Crippen molar-refractivity contribution in [3.8, 4) is 0 Å². The molecule has 4 heterocycles. The van der Waals surface area contributed by atoms with Crippen molar-refractivity contribution >= 4 is 28.6 Å². The Balaban J connectivity index is 1.54. The van der Waals surface area contributed by atoms with E-state index in [2.05, 4.69) is 30.8 Å². The van der Waals surface area contributed by atoms with E-state index in [-0.39, 0.29) is 0 Å². The monoisotopic (exact) mass is 480 g/mol. The topological polar surface area (TPSA) is 118 Å². The summed E-state index contributed by atoms with van der Waals surface area (Å²) < 4.78 is 7.63. The highest BCUT2D eigenvalue weighted by atomic mass is 16.5. The number of hydrogen-bond acceptors (Lipinski definition) is 10. The lowest BCUT2D eigenvalue weighted by molar-refractivity contribution is 0.137. The summed E-state index contributed by atoms with van der Waals surface area (Å²) in [7, 11) is 0. The molecular weight excluding hydrogens is 444 g/mol. The second kappa shape index (κ2) is 11.7. The zero-order valence-electron chi connectivity index (χ0n) is 20.5. The smallest absolute Gasteiger partial charge is 0.228 e. The highest BCUT2D eigenvalue weighted by Gasteiger charge is 2.23. The van der Waals surface area contributed by atoms with Crippen molar-refractivity contribution in [3.63, 3.8) is 0 Å². The van der Waals surface area contributed by atoms with Crippen LogP contribution < -0.4 is 20.9 Å². The van der Waals surface area contributed by atoms with E-state index in [4.69, 9.17) is 19.8 Å². The van der Waals surface area contributed by atoms with Crippen LogP contribution in [-0.4, -0.2) is 75.2 Å². The van der Waals surface area contributed by atoms with Gasteiger partial charge >= 0.3 is 0 Å². The van der Waals surface area contributed by atoms with Gasteiger partial charge in [0.2, 0.25) is 5.95 Å². The first-order valence-electron chi connectivity index (χ1n) is 12.9. The summed E-state index contributed by atoms with van der Waals surface area (Å²) in [6.45, 7) is 8.14. The number of piperazine rings is 1. The third-order valence-corrected chi connectivity index (χ3v) is 6.69. The highest BCUT2D eigenvalue weighted by Crippen LogP contribution is 2.29. The normalized spacial score (nSPS) is 17.2. The van der Waals surface area contributed by atoms with Crippen molar-refractivity contribution in [2.45, 2.75) is 58.2 Å². The van der Waals surface area contributed by atoms with E-state index in [9.17, 15) is 0 Å². The molecule has 1 saturated heterocycles. The fourth-order valence-corrected chi connectivity index (χ4v) is 4.84. The molecule has 35 heavy (non-hydrogen) atoms. The maximum absolute atomic E-state index is 5.65. The third-order valence-electron chi connectivity index (χ3n) is 6.69. The molecule has 0 radical (unpaired) electrons. The van der Waals surface area contributed by atoms with E-state index >= 15 is 0 Å². The fraction of sp³-hybridized carbons (Fsp3) is 0.625. The van der Waals surface area contributed by atoms with Crippen LogP contribution in [0, 0.1) is 0 Å². The summed E-state index contributed by atoms with van der Waals surface area (Å²) in [5, 5.41) is 15.6. The van der Waals surface area contributed by atoms with Crippen LogP contribution in [0.25, 0.3) is 11.0 Å². The molecule has 1 aliphatic heterocycles. The van der Waals surface area contributed by atoms with E-state index in [0.29, 0.717) is 44.0 Å². The fourth-order valence-electron chi connectivity index (χ4n) is 4.84. The Morgan fingerprint density at radius 1 is 1.14 bits per heavy atom. The lowest BCUT2D eigenvalue weighted by Crippen LogP contribution is -2.44. The minimum absolute atomic E-state index is 0.542. The molecule has 0 aromatic carbocycles. The van der Waals surface area contributed by atoms with Gasteiger partial charge in [-0.05, 0) is 25.8 Å². The SMILES string of the molecule is CCOCCn1nc(CNC2CCCCC2)c2nc(N3CCNCC3)nc(Nc3ccncn3)c21. The Labute approximate surface area is 206 Å². The number of fused-ring (bicyclic) bond motifs is 1. The molecule has 0 spiro atoms. The number of aromatic nitrogens is 6. The van der Waals surface area contributed by atoms with Gasteiger partial charge in [0, 0.05) is 51.6 Å². The van der Waals surface area contributed by atoms with Gasteiger partial charge in [-0.2, -0.15) is 10.1 Å². The summed E-state index contributed by atoms with van der Waals surface area (Å²) in [5.74, 6) is 2.11. The van der Waals surface area contributed by atoms with Gasteiger partial charge in [-0.15, -0.1) is 0 Å². The van der Waals surface area contributed by atoms with Crippen molar-refractivity contribution in [2.24, 2.45) is 0 Å². The molecule has 188 valence electrons. The van der Waals surface area contributed by atoms with Gasteiger partial charge in [-0.3, -0.25) is 4.68 Å². The lowest BCUT2D eigenvalue weighted by atomic mass is 9.95. The Kier molecular flexibility index (Phi) is 7.96. The first-order chi connectivity index (χ1) is 17.3. The second-order valence-corrected chi connectivity index (χ2v) is 9.11. The van der Waals surface area contributed by atoms with Crippen molar-refractivity contribution in [1.29, 1.82) is 0 Å². The average molecular weight is 481 g/mol. The zero-order valence-corrected chi connectivity index (χ0v) is 20.5. The number of anilines is 3. The number of nitrogens with zero attached hydrogens (tertiary/aromatic N) is 7. The summed E-state index contributed by atoms with van der Waals surface area (Å²) >= 11 is 0. The minimum Gasteiger partial charge on any atom is -0.380 e. The van der Waals surface area contributed by atoms with Gasteiger partial charge in [0.05, 0.1) is 13.2 Å². The van der Waals surface area contributed by atoms with E-state index in [1.165, 1.54) is 38.4 Å². The molecule has 3 aromatic heterocycles. The average Bonchev–Trinajstić information content (AvgIpc) is 3.27. The Hall–Kier alpha value is -2.89. The first kappa shape index (κ1) is 23.8. The van der Waals surface area contributed by atoms with Crippen LogP contribution in [0.3, 0.4) is 0 Å². The van der Waals surface area contributed by atoms with Gasteiger partial charge in [0.15, 0.2) is 5.82 Å². The molecule has 1 aliphatic carbocycles. The lowest BCUT2D eigenvalue weighted by Gasteiger charge is -2.27. The maximum atomic E-state index is 5.65. The molecule has 1 saturated carbocycles. The quantitative estimate of drug-likeness (QED) is 0.373. The zero-order chi connectivity index (χ0) is 23.9. The van der Waals surface area contributed by atoms with Gasteiger partial charge in [-0.25, -0.2) is 15.0 Å². The van der Waals surface area contributed by atoms with Gasteiger partial charge < -0.3 is 25.6 Å². The van der Waals surface area contributed by atoms with Crippen molar-refractivity contribution < 1.29 is 4.74 Å². The molecule has 0 unspecified atom stereocenters. The van der Waals surface area contributed by atoms with Crippen LogP contribution >= 0.6 is 0 Å². The summed E-state index contributed by atoms with van der Waals surface area (Å²) in [5.41, 5.74) is 2.71. The summed E-state index contributed by atoms with van der Waals surface area (Å²) in [6, 6.07) is 2.38. The van der Waals surface area contributed by atoms with Gasteiger partial charge in [-0.1, -0.05) is 19.3 Å². The predicted molar refractivity (Wildman–Crippen MR) is 136 cm³/mol. The standard InChI is InChI=1S/C24H36N10O/c1-2-35-15-14-34-22-21(19(32-34)16-27-18-6-4-3-5-7-18)30-24(33-12-10-25-11-13-33)31-23(22)29-20-8-9-26-17-28-20/h8-9,17-18,25,27H,2-7,10-16H2,1H3,(H,26,28,29,30,31). The molecule has 0 amide bonds. The van der Waals surface area contributed by atoms with Crippen LogP contribution in [0.4, 0.5) is 17.6 Å². The van der Waals surface area contributed by atoms with Crippen molar-refractivity contribution in [2.75, 3.05) is 49.6 Å². The predicted octanol–water partition coefficient (Wildman–Crippen LogP) is 2.23. The number of hydrogen-bond donors (Lipinski definition) is 3. The second-order valence-electron chi connectivity index (χ2n) is 9.11. The van der Waals surface area contributed by atoms with E-state index in [1.807, 2.05) is 17.7 Å². The Morgan fingerprint density at radius 2 is 2.00 bits per heavy atom. The molecule has 3 aromatic rings. The molecular formula is C24H36N10O. The summed E-state index contributed by atoms with van der Waals surface area (Å²) in [6.07, 6.45) is 9.63. The van der Waals surface area contributed by atoms with E-state index < -0.39 is 0 Å². The molecule has 0 bridgehead atoms. The Bertz CT molecular complexity index is 1080. The van der Waals surface area contributed by atoms with Crippen LogP contribution in [0.2, 0.25) is 0 Å². The van der Waals surface area contributed by atoms with Crippen LogP contribution in [0.1, 0.15) is 44.7 Å². The molecule has 11 nitrogen and oxygen atoms in total. The number of nitrogens with one attached hydrogen (secondary N) is 3. The molecule has 5 rings (SSSR count). The Morgan fingerprint density at radius 3 is 2.77 bits per heavy atom. The van der Waals surface area contributed by atoms with Crippen LogP contribution in [0.15, 0.2) is 18.6 Å². The molecule has 3 N–H and O–H groups in total. The first-order valence-corrected chi connectivity index (χ1v) is 12.9. The minimum atomic E-state index is 0.542. The van der Waals surface area contributed by atoms with E-state index in [0.717, 1.165) is 48.9 Å². The third kappa shape index (κ3) is 5.85. The van der Waals surface area contributed by atoms with Crippen molar-refractivity contribution in [1.82, 2.24) is 40.3 Å². The van der Waals surface area contributed by atoms with Gasteiger partial charge in [0.1, 0.15) is 28.9 Å². The molecule has 11 heteroatoms. The summed E-state index contributed by atoms with van der Waals surface area (Å²) in [4.78, 5) is 20.7.